The number of aliphatic carboxylic acids is 1. The van der Waals surface area contributed by atoms with E-state index in [0.717, 1.165) is 4.31 Å². The highest BCUT2D eigenvalue weighted by Gasteiger charge is 2.20. The number of carbonyl (C=O) groups is 2. The lowest BCUT2D eigenvalue weighted by Crippen LogP contribution is -2.31. The van der Waals surface area contributed by atoms with Gasteiger partial charge in [0.2, 0.25) is 15.9 Å². The number of carboxylic acid groups (broad SMARTS) is 1. The number of amides is 1. The van der Waals surface area contributed by atoms with Gasteiger partial charge in [-0.1, -0.05) is 6.07 Å². The van der Waals surface area contributed by atoms with E-state index in [1.54, 1.807) is 31.0 Å². The average molecular weight is 394 g/mol. The molecule has 0 bridgehead atoms. The molecule has 10 heteroatoms. The van der Waals surface area contributed by atoms with Gasteiger partial charge >= 0.3 is 5.97 Å². The Bertz CT molecular complexity index is 722. The second-order valence-electron chi connectivity index (χ2n) is 5.70. The molecule has 1 aromatic rings. The largest absolute Gasteiger partial charge is 0.481 e. The molecule has 1 amide bonds. The molecular weight excluding hydrogens is 370 g/mol. The number of nitrogens with one attached hydrogen (secondary N) is 1. The molecule has 2 N–H and O–H groups in total. The van der Waals surface area contributed by atoms with E-state index in [0.29, 0.717) is 11.3 Å². The third-order valence-electron chi connectivity index (χ3n) is 3.35. The summed E-state index contributed by atoms with van der Waals surface area (Å²) in [7, 11) is 0.922. The number of sulfonamides is 1. The maximum atomic E-state index is 12.3. The Labute approximate surface area is 154 Å². The number of carboxylic acids is 1. The van der Waals surface area contributed by atoms with Crippen molar-refractivity contribution < 1.29 is 23.1 Å². The maximum Gasteiger partial charge on any atom is 0.304 e. The minimum Gasteiger partial charge on any atom is -0.481 e. The summed E-state index contributed by atoms with van der Waals surface area (Å²) in [4.78, 5) is 24.2. The Morgan fingerprint density at radius 1 is 1.20 bits per heavy atom. The summed E-state index contributed by atoms with van der Waals surface area (Å²) in [6.07, 6.45) is -0.0560. The summed E-state index contributed by atoms with van der Waals surface area (Å²) in [6, 6.07) is 4.67. The standard InChI is InChI=1S/C15H23N3O5S.ClH/c1-11-5-6-12(9-13(11)24(22,23)17(2)3)16-14(19)10-18(4)8-7-15(20)21;/h5-6,9H,7-8,10H2,1-4H3,(H,16,19)(H,20,21);1H. The minimum atomic E-state index is -3.60. The summed E-state index contributed by atoms with van der Waals surface area (Å²) < 4.78 is 25.6. The lowest BCUT2D eigenvalue weighted by Gasteiger charge is -2.17. The molecule has 0 radical (unpaired) electrons. The molecule has 8 nitrogen and oxygen atoms in total. The first-order valence-electron chi connectivity index (χ1n) is 7.27. The zero-order valence-corrected chi connectivity index (χ0v) is 16.3. The van der Waals surface area contributed by atoms with Crippen molar-refractivity contribution in [1.29, 1.82) is 0 Å². The van der Waals surface area contributed by atoms with E-state index in [2.05, 4.69) is 5.32 Å². The molecule has 0 spiro atoms. The number of carbonyl (C=O) groups excluding carboxylic acids is 1. The van der Waals surface area contributed by atoms with E-state index >= 15 is 0 Å². The van der Waals surface area contributed by atoms with Crippen LogP contribution in [-0.4, -0.2) is 68.8 Å². The Balaban J connectivity index is 0.00000576. The van der Waals surface area contributed by atoms with Crippen molar-refractivity contribution in [3.05, 3.63) is 23.8 Å². The monoisotopic (exact) mass is 393 g/mol. The number of nitrogens with zero attached hydrogens (tertiary/aromatic N) is 2. The van der Waals surface area contributed by atoms with Gasteiger partial charge in [0.1, 0.15) is 0 Å². The van der Waals surface area contributed by atoms with Crippen LogP contribution >= 0.6 is 12.4 Å². The van der Waals surface area contributed by atoms with E-state index in [-0.39, 0.29) is 42.7 Å². The molecule has 142 valence electrons. The van der Waals surface area contributed by atoms with Crippen LogP contribution in [0.5, 0.6) is 0 Å². The Kier molecular flexibility index (Phi) is 9.06. The predicted molar refractivity (Wildman–Crippen MR) is 97.7 cm³/mol. The third-order valence-corrected chi connectivity index (χ3v) is 5.31. The van der Waals surface area contributed by atoms with Crippen molar-refractivity contribution >= 4 is 40.0 Å². The SMILES string of the molecule is Cc1ccc(NC(=O)CN(C)CCC(=O)O)cc1S(=O)(=O)N(C)C.Cl. The van der Waals surface area contributed by atoms with Crippen LogP contribution in [0, 0.1) is 6.92 Å². The maximum absolute atomic E-state index is 12.3. The van der Waals surface area contributed by atoms with Gasteiger partial charge in [-0.3, -0.25) is 14.5 Å². The number of hydrogen-bond donors (Lipinski definition) is 2. The number of halogens is 1. The Morgan fingerprint density at radius 2 is 1.80 bits per heavy atom. The quantitative estimate of drug-likeness (QED) is 0.682. The van der Waals surface area contributed by atoms with Gasteiger partial charge in [-0.25, -0.2) is 12.7 Å². The van der Waals surface area contributed by atoms with Gasteiger partial charge in [0.05, 0.1) is 17.9 Å². The van der Waals surface area contributed by atoms with Crippen LogP contribution in [0.15, 0.2) is 23.1 Å². The van der Waals surface area contributed by atoms with Crippen LogP contribution < -0.4 is 5.32 Å². The lowest BCUT2D eigenvalue weighted by atomic mass is 10.2. The van der Waals surface area contributed by atoms with Crippen LogP contribution in [0.4, 0.5) is 5.69 Å². The van der Waals surface area contributed by atoms with E-state index in [9.17, 15) is 18.0 Å². The molecular formula is C15H24ClN3O5S. The van der Waals surface area contributed by atoms with Gasteiger partial charge in [-0.05, 0) is 31.7 Å². The summed E-state index contributed by atoms with van der Waals surface area (Å²) in [6.45, 7) is 1.94. The topological polar surface area (TPSA) is 107 Å². The molecule has 0 aliphatic rings. The van der Waals surface area contributed by atoms with Gasteiger partial charge in [0.25, 0.3) is 0 Å². The molecule has 1 rings (SSSR count). The van der Waals surface area contributed by atoms with Gasteiger partial charge < -0.3 is 10.4 Å². The third kappa shape index (κ3) is 6.99. The number of rotatable bonds is 8. The number of likely N-dealkylation sites (N-methyl/N-ethyl adjacent to an activating group) is 1. The van der Waals surface area contributed by atoms with E-state index in [4.69, 9.17) is 5.11 Å². The minimum absolute atomic E-state index is 0. The number of anilines is 1. The fourth-order valence-corrected chi connectivity index (χ4v) is 3.11. The normalized spacial score (nSPS) is 11.3. The van der Waals surface area contributed by atoms with Crippen molar-refractivity contribution in [3.63, 3.8) is 0 Å². The first-order chi connectivity index (χ1) is 11.0. The van der Waals surface area contributed by atoms with Gasteiger partial charge in [0, 0.05) is 26.3 Å². The molecule has 0 unspecified atom stereocenters. The molecule has 0 heterocycles. The lowest BCUT2D eigenvalue weighted by molar-refractivity contribution is -0.137. The Hall–Kier alpha value is -1.68. The first-order valence-corrected chi connectivity index (χ1v) is 8.71. The summed E-state index contributed by atoms with van der Waals surface area (Å²) in [5.41, 5.74) is 0.956. The molecule has 25 heavy (non-hydrogen) atoms. The zero-order valence-electron chi connectivity index (χ0n) is 14.6. The van der Waals surface area contributed by atoms with Crippen molar-refractivity contribution in [1.82, 2.24) is 9.21 Å². The molecule has 0 saturated heterocycles. The van der Waals surface area contributed by atoms with E-state index < -0.39 is 16.0 Å². The molecule has 1 aromatic carbocycles. The highest BCUT2D eigenvalue weighted by atomic mass is 35.5. The fourth-order valence-electron chi connectivity index (χ4n) is 1.96. The van der Waals surface area contributed by atoms with E-state index in [1.165, 1.54) is 20.2 Å². The highest BCUT2D eigenvalue weighted by Crippen LogP contribution is 2.22. The predicted octanol–water partition coefficient (Wildman–Crippen LogP) is 1.01. The fraction of sp³-hybridized carbons (Fsp3) is 0.467. The summed E-state index contributed by atoms with van der Waals surface area (Å²) in [5.74, 6) is -1.28. The molecule has 0 atom stereocenters. The van der Waals surface area contributed by atoms with Crippen molar-refractivity contribution in [2.45, 2.75) is 18.2 Å². The van der Waals surface area contributed by atoms with Crippen molar-refractivity contribution in [2.75, 3.05) is 39.5 Å². The number of benzene rings is 1. The van der Waals surface area contributed by atoms with Gasteiger partial charge in [0.15, 0.2) is 0 Å². The smallest absolute Gasteiger partial charge is 0.304 e. The van der Waals surface area contributed by atoms with Gasteiger partial charge in [-0.15, -0.1) is 12.4 Å². The second-order valence-corrected chi connectivity index (χ2v) is 7.82. The summed E-state index contributed by atoms with van der Waals surface area (Å²) in [5, 5.41) is 11.2. The molecule has 0 fully saturated rings. The van der Waals surface area contributed by atoms with E-state index in [1.807, 2.05) is 0 Å². The molecule has 0 saturated carbocycles. The van der Waals surface area contributed by atoms with Crippen molar-refractivity contribution in [3.8, 4) is 0 Å². The number of aryl methyl sites for hydroxylation is 1. The molecule has 0 aliphatic heterocycles. The summed E-state index contributed by atoms with van der Waals surface area (Å²) >= 11 is 0. The Morgan fingerprint density at radius 3 is 2.32 bits per heavy atom. The highest BCUT2D eigenvalue weighted by molar-refractivity contribution is 7.89. The zero-order chi connectivity index (χ0) is 18.5. The average Bonchev–Trinajstić information content (AvgIpc) is 2.46. The van der Waals surface area contributed by atoms with Crippen LogP contribution in [0.25, 0.3) is 0 Å². The number of hydrogen-bond acceptors (Lipinski definition) is 5. The second kappa shape index (κ2) is 9.71. The van der Waals surface area contributed by atoms with Crippen molar-refractivity contribution in [2.24, 2.45) is 0 Å². The van der Waals surface area contributed by atoms with Crippen LogP contribution in [0.2, 0.25) is 0 Å². The van der Waals surface area contributed by atoms with Crippen LogP contribution in [-0.2, 0) is 19.6 Å². The molecule has 0 aromatic heterocycles. The first kappa shape index (κ1) is 23.3. The van der Waals surface area contributed by atoms with Crippen LogP contribution in [0.3, 0.4) is 0 Å². The molecule has 0 aliphatic carbocycles. The van der Waals surface area contributed by atoms with Crippen LogP contribution in [0.1, 0.15) is 12.0 Å². The van der Waals surface area contributed by atoms with Gasteiger partial charge in [-0.2, -0.15) is 0 Å².